The minimum atomic E-state index is -4.08. The van der Waals surface area contributed by atoms with Crippen LogP contribution in [0.2, 0.25) is 0 Å². The third-order valence-electron chi connectivity index (χ3n) is 0. The van der Waals surface area contributed by atoms with Gasteiger partial charge in [-0.3, -0.25) is 0 Å². The topological polar surface area (TPSA) is 442 Å². The van der Waals surface area contributed by atoms with Gasteiger partial charge in [-0.15, -0.1) is 0 Å². The van der Waals surface area contributed by atoms with Crippen LogP contribution in [0.3, 0.4) is 0 Å². The molecule has 0 amide bonds. The zero-order valence-electron chi connectivity index (χ0n) is 14.4. The van der Waals surface area contributed by atoms with E-state index in [1.165, 1.54) is 0 Å². The first-order valence-corrected chi connectivity index (χ1v) is 17.7. The Balaban J connectivity index is -0.0000000175. The first-order valence-electron chi connectivity index (χ1n) is 4.29. The average Bonchev–Trinajstić information content (AvgIpc) is 2.20. The summed E-state index contributed by atoms with van der Waals surface area (Å²) in [6, 6.07) is 0. The van der Waals surface area contributed by atoms with E-state index in [9.17, 15) is 0 Å². The maximum Gasteiger partial charge on any atom is 0 e. The molecular formula is Ba2O21Ti7V2-10. The Morgan fingerprint density at radius 1 is 0.250 bits per heavy atom. The summed E-state index contributed by atoms with van der Waals surface area (Å²) in [7, 11) is 0. The van der Waals surface area contributed by atoms with E-state index in [1.807, 2.05) is 0 Å². The van der Waals surface area contributed by atoms with Crippen LogP contribution < -0.4 is 51.6 Å². The molecule has 0 N–H and O–H groups in total. The summed E-state index contributed by atoms with van der Waals surface area (Å²) in [5.74, 6) is 0. The number of hydrogen-bond donors (Lipinski definition) is 0. The standard InChI is InChI=1S/2Ba.21O.7Ti.2V/q2*+2;;;;;;;;14*-1;;;;;;;;;. The van der Waals surface area contributed by atoms with Crippen molar-refractivity contribution in [2.45, 2.75) is 0 Å². The molecule has 0 aliphatic heterocycles. The van der Waals surface area contributed by atoms with E-state index in [1.54, 1.807) is 0 Å². The van der Waals surface area contributed by atoms with Crippen LogP contribution in [0, 0.1) is 0 Å². The quantitative estimate of drug-likeness (QED) is 0.203. The normalized spacial score (nSPS) is 5.69. The first-order chi connectivity index (χ1) is 12.1. The second-order valence-electron chi connectivity index (χ2n) is 1.75. The summed E-state index contributed by atoms with van der Waals surface area (Å²) in [5, 5.41) is 0. The Morgan fingerprint density at radius 2 is 0.250 bits per heavy atom. The van der Waals surface area contributed by atoms with E-state index in [-0.39, 0.29) is 135 Å². The van der Waals surface area contributed by atoms with Gasteiger partial charge < -0.3 is 0 Å². The summed E-state index contributed by atoms with van der Waals surface area (Å²) >= 11 is -28.6. The predicted octanol–water partition coefficient (Wildman–Crippen LogP) is -18.3. The van der Waals surface area contributed by atoms with E-state index in [4.69, 9.17) is 74.9 Å². The van der Waals surface area contributed by atoms with Crippen LogP contribution >= 0.6 is 0 Å². The molecule has 0 aliphatic carbocycles. The van der Waals surface area contributed by atoms with Gasteiger partial charge in [0.2, 0.25) is 0 Å². The van der Waals surface area contributed by atoms with Gasteiger partial charge in [-0.05, 0) is 0 Å². The third kappa shape index (κ3) is 913. The maximum absolute atomic E-state index is 8.58. The van der Waals surface area contributed by atoms with Crippen LogP contribution in [-0.2, 0) is 191 Å². The van der Waals surface area contributed by atoms with Gasteiger partial charge in [-0.25, -0.2) is 0 Å². The van der Waals surface area contributed by atoms with Crippen molar-refractivity contribution in [2.24, 2.45) is 0 Å². The molecular weight excluding hydrogens is 1050 g/mol. The molecule has 0 saturated heterocycles. The molecule has 0 aromatic carbocycles. The number of rotatable bonds is 0. The molecule has 0 heterocycles. The Morgan fingerprint density at radius 3 is 0.250 bits per heavy atom. The third-order valence-corrected chi connectivity index (χ3v) is 0. The molecule has 0 fully saturated rings. The zero-order chi connectivity index (χ0) is 25.0. The fourth-order valence-electron chi connectivity index (χ4n) is 0. The molecule has 32 heteroatoms. The molecule has 0 aromatic rings. The summed E-state index contributed by atoms with van der Waals surface area (Å²) in [4.78, 5) is 0. The predicted molar refractivity (Wildman–Crippen MR) is 16.3 cm³/mol. The fourth-order valence-corrected chi connectivity index (χ4v) is 0. The van der Waals surface area contributed by atoms with E-state index < -0.39 is 130 Å². The number of hydrogen-bond acceptors (Lipinski definition) is 21. The van der Waals surface area contributed by atoms with Crippen LogP contribution in [0.1, 0.15) is 0 Å². The van der Waals surface area contributed by atoms with E-state index in [2.05, 4.69) is 0 Å². The Kier molecular flexibility index (Phi) is 150. The van der Waals surface area contributed by atoms with Crippen molar-refractivity contribution in [3.8, 4) is 0 Å². The molecule has 21 nitrogen and oxygen atoms in total. The summed E-state index contributed by atoms with van der Waals surface area (Å²) in [6.45, 7) is 0. The Labute approximate surface area is 331 Å². The van der Waals surface area contributed by atoms with Gasteiger partial charge in [0, 0.05) is 37.1 Å². The molecule has 178 valence electrons. The van der Waals surface area contributed by atoms with Gasteiger partial charge in [-0.1, -0.05) is 0 Å². The van der Waals surface area contributed by atoms with Crippen LogP contribution in [0.15, 0.2) is 0 Å². The van der Waals surface area contributed by atoms with Gasteiger partial charge in [-0.2, -0.15) is 0 Å². The van der Waals surface area contributed by atoms with Gasteiger partial charge in [0.1, 0.15) is 0 Å². The molecule has 0 atom stereocenters. The first kappa shape index (κ1) is 72.0. The van der Waals surface area contributed by atoms with Crippen LogP contribution in [-0.4, -0.2) is 97.8 Å². The van der Waals surface area contributed by atoms with Crippen molar-refractivity contribution in [2.75, 3.05) is 0 Å². The van der Waals surface area contributed by atoms with Crippen molar-refractivity contribution in [1.29, 1.82) is 0 Å². The maximum atomic E-state index is 8.58. The summed E-state index contributed by atoms with van der Waals surface area (Å²) < 4.78 is 180. The van der Waals surface area contributed by atoms with Crippen molar-refractivity contribution < 1.29 is 242 Å². The second kappa shape index (κ2) is 66.6. The molecule has 0 aromatic heterocycles. The van der Waals surface area contributed by atoms with Crippen molar-refractivity contribution in [3.63, 3.8) is 0 Å². The zero-order valence-corrected chi connectivity index (χ0v) is 37.0. The van der Waals surface area contributed by atoms with Crippen molar-refractivity contribution in [1.82, 2.24) is 0 Å². The molecule has 32 heavy (non-hydrogen) atoms. The van der Waals surface area contributed by atoms with Gasteiger partial charge in [0.05, 0.1) is 0 Å². The van der Waals surface area contributed by atoms with Crippen LogP contribution in [0.5, 0.6) is 0 Å². The molecule has 0 unspecified atom stereocenters. The van der Waals surface area contributed by atoms with E-state index >= 15 is 0 Å². The van der Waals surface area contributed by atoms with Gasteiger partial charge in [0.15, 0.2) is 0 Å². The summed E-state index contributed by atoms with van der Waals surface area (Å²) in [6.07, 6.45) is 0. The average molecular weight is 1050 g/mol. The molecule has 0 aliphatic rings. The Bertz CT molecular complexity index is 323. The molecule has 0 saturated carbocycles. The van der Waals surface area contributed by atoms with E-state index in [0.717, 1.165) is 0 Å². The minimum Gasteiger partial charge on any atom is 0 e. The summed E-state index contributed by atoms with van der Waals surface area (Å²) in [5.41, 5.74) is 0. The molecule has 2 radical (unpaired) electrons. The smallest absolute Gasteiger partial charge is 0 e. The monoisotopic (exact) mass is 1050 g/mol. The van der Waals surface area contributed by atoms with Crippen molar-refractivity contribution >= 4 is 97.8 Å². The minimum absolute atomic E-state index is 0. The molecule has 0 rings (SSSR count). The Hall–Kier alpha value is 7.35. The van der Waals surface area contributed by atoms with E-state index in [0.29, 0.717) is 0 Å². The van der Waals surface area contributed by atoms with Gasteiger partial charge in [0.25, 0.3) is 0 Å². The van der Waals surface area contributed by atoms with Crippen LogP contribution in [0.4, 0.5) is 0 Å². The largest absolute Gasteiger partial charge is 0 e. The van der Waals surface area contributed by atoms with Crippen molar-refractivity contribution in [3.05, 3.63) is 0 Å². The molecule has 0 bridgehead atoms. The van der Waals surface area contributed by atoms with Gasteiger partial charge >= 0.3 is 303 Å². The SMILES string of the molecule is [Ba+2].[Ba+2].[O]=[Ti]([O-])[O-].[O]=[Ti]([O-])[O-].[O]=[Ti]([O-])[O-].[O]=[Ti]([O-])[O-].[O]=[Ti]([O-])[O-].[O]=[Ti]([O-])[O-].[O]=[Ti]([O-])[O-].[V].[V]. The fraction of sp³-hybridized carbons (Fsp3) is 0. The second-order valence-corrected chi connectivity index (χ2v) is 7.22. The molecule has 0 spiro atoms. The van der Waals surface area contributed by atoms with Crippen LogP contribution in [0.25, 0.3) is 0 Å².